The van der Waals surface area contributed by atoms with E-state index >= 15 is 0 Å². The summed E-state index contributed by atoms with van der Waals surface area (Å²) >= 11 is 4.49. The Morgan fingerprint density at radius 2 is 1.97 bits per heavy atom. The van der Waals surface area contributed by atoms with Gasteiger partial charge in [0.1, 0.15) is 10.0 Å². The van der Waals surface area contributed by atoms with Crippen LogP contribution in [0.5, 0.6) is 0 Å². The van der Waals surface area contributed by atoms with Crippen molar-refractivity contribution in [3.63, 3.8) is 0 Å². The number of thiol groups is 1. The third kappa shape index (κ3) is 6.35. The zero-order valence-electron chi connectivity index (χ0n) is 17.3. The Morgan fingerprint density at radius 1 is 1.15 bits per heavy atom. The number of esters is 1. The van der Waals surface area contributed by atoms with Crippen molar-refractivity contribution in [2.45, 2.75) is 18.9 Å². The van der Waals surface area contributed by atoms with Crippen molar-refractivity contribution in [3.05, 3.63) is 63.4 Å². The van der Waals surface area contributed by atoms with Gasteiger partial charge >= 0.3 is 5.97 Å². The van der Waals surface area contributed by atoms with Crippen molar-refractivity contribution in [2.24, 2.45) is 0 Å². The molecule has 9 nitrogen and oxygen atoms in total. The molecule has 0 aliphatic heterocycles. The van der Waals surface area contributed by atoms with E-state index in [0.717, 1.165) is 21.1 Å². The lowest BCUT2D eigenvalue weighted by Crippen LogP contribution is -2.14. The largest absolute Gasteiger partial charge is 0.469 e. The van der Waals surface area contributed by atoms with E-state index in [1.165, 1.54) is 18.4 Å². The predicted molar refractivity (Wildman–Crippen MR) is 132 cm³/mol. The number of rotatable bonds is 10. The third-order valence-corrected chi connectivity index (χ3v) is 7.71. The molecule has 2 N–H and O–H groups in total. The molecule has 0 unspecified atom stereocenters. The fraction of sp³-hybridized carbons (Fsp3) is 0.200. The van der Waals surface area contributed by atoms with E-state index in [0.29, 0.717) is 22.2 Å². The van der Waals surface area contributed by atoms with E-state index in [1.807, 2.05) is 35.0 Å². The van der Waals surface area contributed by atoms with Gasteiger partial charge in [0, 0.05) is 11.1 Å². The van der Waals surface area contributed by atoms with Gasteiger partial charge in [-0.2, -0.15) is 0 Å². The lowest BCUT2D eigenvalue weighted by molar-refractivity contribution is -0.139. The minimum Gasteiger partial charge on any atom is -0.469 e. The van der Waals surface area contributed by atoms with Crippen LogP contribution in [0, 0.1) is 0 Å². The zero-order valence-corrected chi connectivity index (χ0v) is 20.6. The summed E-state index contributed by atoms with van der Waals surface area (Å²) in [6.07, 6.45) is 0.652. The molecule has 1 aromatic carbocycles. The van der Waals surface area contributed by atoms with Crippen LogP contribution < -0.4 is 10.0 Å². The number of methoxy groups -OCH3 is 1. The average molecular weight is 522 g/mol. The van der Waals surface area contributed by atoms with Gasteiger partial charge in [-0.3, -0.25) is 9.52 Å². The maximum absolute atomic E-state index is 11.5. The normalized spacial score (nSPS) is 11.9. The van der Waals surface area contributed by atoms with Crippen molar-refractivity contribution in [1.29, 1.82) is 0 Å². The Kier molecular flexibility index (Phi) is 7.65. The minimum absolute atomic E-state index is 0.0656. The summed E-state index contributed by atoms with van der Waals surface area (Å²) in [4.78, 5) is 17.5. The number of nitrogens with one attached hydrogen (secondary N) is 2. The van der Waals surface area contributed by atoms with E-state index in [9.17, 15) is 13.2 Å². The standard InChI is InChI=1S/C20H19N5O4S4/c1-29-18(26)10-17-23-24-20(32-17)22-14(9-12-4-6-13(7-5-12)25-33(27)28)15-11-31-19(21-15)16-3-2-8-30-16/h2-8,11,14,33H,9-10H2,1H3,(H,22,24)(H,25,27,28)/t14-/m0/s1. The fourth-order valence-corrected chi connectivity index (χ4v) is 5.80. The van der Waals surface area contributed by atoms with Gasteiger partial charge in [-0.25, -0.2) is 13.4 Å². The molecule has 0 aliphatic rings. The van der Waals surface area contributed by atoms with Crippen LogP contribution in [0.15, 0.2) is 47.2 Å². The summed E-state index contributed by atoms with van der Waals surface area (Å²) in [7, 11) is -1.37. The van der Waals surface area contributed by atoms with Crippen LogP contribution in [0.2, 0.25) is 0 Å². The first kappa shape index (κ1) is 23.3. The van der Waals surface area contributed by atoms with E-state index in [-0.39, 0.29) is 18.4 Å². The zero-order chi connectivity index (χ0) is 23.2. The summed E-state index contributed by atoms with van der Waals surface area (Å²) in [5.74, 6) is -0.372. The number of hydrogen-bond acceptors (Lipinski definition) is 11. The number of nitrogens with zero attached hydrogens (tertiary/aromatic N) is 3. The van der Waals surface area contributed by atoms with Crippen LogP contribution in [0.4, 0.5) is 10.8 Å². The molecule has 0 saturated carbocycles. The number of benzene rings is 1. The Labute approximate surface area is 203 Å². The van der Waals surface area contributed by atoms with Gasteiger partial charge in [-0.1, -0.05) is 29.5 Å². The monoisotopic (exact) mass is 521 g/mol. The van der Waals surface area contributed by atoms with Gasteiger partial charge in [0.15, 0.2) is 0 Å². The highest BCUT2D eigenvalue weighted by Gasteiger charge is 2.20. The lowest BCUT2D eigenvalue weighted by Gasteiger charge is -2.16. The summed E-state index contributed by atoms with van der Waals surface area (Å²) < 4.78 is 28.8. The second-order valence-electron chi connectivity index (χ2n) is 6.78. The summed E-state index contributed by atoms with van der Waals surface area (Å²) in [5, 5.41) is 17.7. The summed E-state index contributed by atoms with van der Waals surface area (Å²) in [6, 6.07) is 11.0. The summed E-state index contributed by atoms with van der Waals surface area (Å²) in [6.45, 7) is 0. The van der Waals surface area contributed by atoms with Crippen LogP contribution in [0.25, 0.3) is 9.88 Å². The molecule has 0 amide bonds. The smallest absolute Gasteiger partial charge is 0.312 e. The summed E-state index contributed by atoms with van der Waals surface area (Å²) in [5.41, 5.74) is 2.35. The molecule has 0 radical (unpaired) electrons. The van der Waals surface area contributed by atoms with Crippen LogP contribution in [0.3, 0.4) is 0 Å². The van der Waals surface area contributed by atoms with E-state index < -0.39 is 10.9 Å². The molecule has 3 aromatic heterocycles. The molecular formula is C20H19N5O4S4. The van der Waals surface area contributed by atoms with Gasteiger partial charge in [-0.15, -0.1) is 32.9 Å². The second-order valence-corrected chi connectivity index (χ2v) is 10.4. The molecule has 0 fully saturated rings. The number of thiazole rings is 1. The molecule has 13 heteroatoms. The highest BCUT2D eigenvalue weighted by atomic mass is 32.2. The molecule has 0 aliphatic carbocycles. The van der Waals surface area contributed by atoms with E-state index in [2.05, 4.69) is 20.2 Å². The average Bonchev–Trinajstić information content (AvgIpc) is 3.56. The Bertz CT molecular complexity index is 1270. The van der Waals surface area contributed by atoms with Crippen LogP contribution in [-0.4, -0.2) is 36.7 Å². The van der Waals surface area contributed by atoms with Crippen molar-refractivity contribution < 1.29 is 17.9 Å². The number of thiophene rings is 1. The number of carbonyl (C=O) groups excluding carboxylic acids is 1. The first-order valence-corrected chi connectivity index (χ1v) is 13.4. The third-order valence-electron chi connectivity index (χ3n) is 4.51. The highest BCUT2D eigenvalue weighted by molar-refractivity contribution is 7.73. The van der Waals surface area contributed by atoms with Gasteiger partial charge in [0.2, 0.25) is 16.0 Å². The maximum atomic E-state index is 11.5. The van der Waals surface area contributed by atoms with Gasteiger partial charge in [0.05, 0.1) is 30.1 Å². The topological polar surface area (TPSA) is 123 Å². The van der Waals surface area contributed by atoms with Crippen LogP contribution >= 0.6 is 34.0 Å². The fourth-order valence-electron chi connectivity index (χ4n) is 2.97. The number of ether oxygens (including phenoxy) is 1. The maximum Gasteiger partial charge on any atom is 0.312 e. The molecular weight excluding hydrogens is 503 g/mol. The molecule has 0 saturated heterocycles. The quantitative estimate of drug-likeness (QED) is 0.213. The predicted octanol–water partition coefficient (Wildman–Crippen LogP) is 3.77. The van der Waals surface area contributed by atoms with Crippen LogP contribution in [0.1, 0.15) is 22.3 Å². The van der Waals surface area contributed by atoms with Gasteiger partial charge < -0.3 is 10.1 Å². The molecule has 0 spiro atoms. The van der Waals surface area contributed by atoms with E-state index in [4.69, 9.17) is 9.72 Å². The first-order valence-electron chi connectivity index (χ1n) is 9.65. The Balaban J connectivity index is 1.56. The van der Waals surface area contributed by atoms with Crippen molar-refractivity contribution in [3.8, 4) is 9.88 Å². The van der Waals surface area contributed by atoms with Gasteiger partial charge in [-0.05, 0) is 35.6 Å². The van der Waals surface area contributed by atoms with Crippen molar-refractivity contribution in [2.75, 3.05) is 17.1 Å². The number of hydrogen-bond donors (Lipinski definition) is 3. The van der Waals surface area contributed by atoms with Gasteiger partial charge in [0.25, 0.3) is 0 Å². The molecule has 4 rings (SSSR count). The Hall–Kier alpha value is -2.87. The molecule has 33 heavy (non-hydrogen) atoms. The molecule has 172 valence electrons. The lowest BCUT2D eigenvalue weighted by atomic mass is 10.0. The second kappa shape index (κ2) is 10.8. The molecule has 0 bridgehead atoms. The van der Waals surface area contributed by atoms with Crippen molar-refractivity contribution in [1.82, 2.24) is 15.2 Å². The number of carbonyl (C=O) groups is 1. The Morgan fingerprint density at radius 3 is 2.67 bits per heavy atom. The van der Waals surface area contributed by atoms with Crippen LogP contribution in [-0.2, 0) is 33.3 Å². The highest BCUT2D eigenvalue weighted by Crippen LogP contribution is 2.32. The molecule has 3 heterocycles. The molecule has 1 atom stereocenters. The number of aromatic nitrogens is 3. The number of anilines is 2. The first-order chi connectivity index (χ1) is 16.0. The van der Waals surface area contributed by atoms with E-state index in [1.54, 1.807) is 34.8 Å². The molecule has 4 aromatic rings. The SMILES string of the molecule is COC(=O)Cc1nnc(N[C@@H](Cc2ccc(N[SH](=O)=O)cc2)c2csc(-c3cccs3)n2)s1. The minimum atomic E-state index is -2.71. The van der Waals surface area contributed by atoms with Crippen molar-refractivity contribution >= 4 is 61.7 Å².